The summed E-state index contributed by atoms with van der Waals surface area (Å²) < 4.78 is 0. The van der Waals surface area contributed by atoms with E-state index in [2.05, 4.69) is 0 Å². The minimum Gasteiger partial charge on any atom is -0.480 e. The molecule has 5 nitrogen and oxygen atoms in total. The van der Waals surface area contributed by atoms with Crippen molar-refractivity contribution in [1.82, 2.24) is 9.80 Å². The molecule has 1 atom stereocenters. The molecular weight excluding hydrogens is 232 g/mol. The summed E-state index contributed by atoms with van der Waals surface area (Å²) in [6, 6.07) is 8.97. The van der Waals surface area contributed by atoms with Gasteiger partial charge in [-0.15, -0.1) is 0 Å². The van der Waals surface area contributed by atoms with Crippen LogP contribution < -0.4 is 0 Å². The predicted molar refractivity (Wildman–Crippen MR) is 65.9 cm³/mol. The Morgan fingerprint density at radius 3 is 2.67 bits per heavy atom. The molecule has 0 bridgehead atoms. The highest BCUT2D eigenvalue weighted by atomic mass is 16.4. The average molecular weight is 248 g/mol. The van der Waals surface area contributed by atoms with E-state index in [1.165, 1.54) is 0 Å². The number of aliphatic carboxylic acids is 1. The predicted octanol–water partition coefficient (Wildman–Crippen LogP) is 0.414. The largest absolute Gasteiger partial charge is 0.480 e. The molecule has 1 heterocycles. The van der Waals surface area contributed by atoms with Crippen LogP contribution in [-0.2, 0) is 16.1 Å². The molecule has 1 unspecified atom stereocenters. The number of carbonyl (C=O) groups is 2. The maximum Gasteiger partial charge on any atom is 0.322 e. The molecule has 1 saturated heterocycles. The molecule has 1 aromatic carbocycles. The molecule has 0 saturated carbocycles. The van der Waals surface area contributed by atoms with Crippen molar-refractivity contribution in [2.75, 3.05) is 20.1 Å². The summed E-state index contributed by atoms with van der Waals surface area (Å²) in [7, 11) is 1.66. The Morgan fingerprint density at radius 1 is 1.39 bits per heavy atom. The summed E-state index contributed by atoms with van der Waals surface area (Å²) in [5, 5.41) is 9.10. The number of piperazine rings is 1. The summed E-state index contributed by atoms with van der Waals surface area (Å²) in [5.74, 6) is -0.915. The molecule has 1 aliphatic heterocycles. The summed E-state index contributed by atoms with van der Waals surface area (Å²) >= 11 is 0. The highest BCUT2D eigenvalue weighted by Crippen LogP contribution is 2.13. The zero-order chi connectivity index (χ0) is 13.1. The third-order valence-electron chi connectivity index (χ3n) is 3.16. The molecule has 2 rings (SSSR count). The van der Waals surface area contributed by atoms with Crippen LogP contribution in [0.5, 0.6) is 0 Å². The Hall–Kier alpha value is -1.88. The molecule has 0 radical (unpaired) electrons. The number of carbonyl (C=O) groups excluding carboxylic acids is 1. The molecule has 0 spiro atoms. The van der Waals surface area contributed by atoms with Gasteiger partial charge in [0.1, 0.15) is 6.04 Å². The van der Waals surface area contributed by atoms with E-state index >= 15 is 0 Å². The van der Waals surface area contributed by atoms with Crippen LogP contribution in [0.15, 0.2) is 30.3 Å². The second-order valence-electron chi connectivity index (χ2n) is 4.53. The van der Waals surface area contributed by atoms with Crippen LogP contribution in [0.25, 0.3) is 0 Å². The Balaban J connectivity index is 2.08. The Kier molecular flexibility index (Phi) is 3.62. The summed E-state index contributed by atoms with van der Waals surface area (Å²) in [6.07, 6.45) is 0. The topological polar surface area (TPSA) is 60.9 Å². The van der Waals surface area contributed by atoms with Crippen LogP contribution in [0.3, 0.4) is 0 Å². The highest BCUT2D eigenvalue weighted by molar-refractivity contribution is 5.83. The quantitative estimate of drug-likeness (QED) is 0.842. The number of hydrogen-bond acceptors (Lipinski definition) is 3. The van der Waals surface area contributed by atoms with Crippen molar-refractivity contribution in [2.45, 2.75) is 12.6 Å². The molecule has 1 N–H and O–H groups in total. The lowest BCUT2D eigenvalue weighted by Crippen LogP contribution is -2.57. The van der Waals surface area contributed by atoms with Crippen molar-refractivity contribution in [3.63, 3.8) is 0 Å². The van der Waals surface area contributed by atoms with Crippen molar-refractivity contribution in [1.29, 1.82) is 0 Å². The van der Waals surface area contributed by atoms with Crippen molar-refractivity contribution in [3.8, 4) is 0 Å². The maximum atomic E-state index is 11.9. The number of carboxylic acid groups (broad SMARTS) is 1. The summed E-state index contributed by atoms with van der Waals surface area (Å²) in [4.78, 5) is 26.1. The molecule has 5 heteroatoms. The number of carboxylic acids is 1. The van der Waals surface area contributed by atoms with E-state index in [0.717, 1.165) is 5.56 Å². The van der Waals surface area contributed by atoms with E-state index in [9.17, 15) is 9.59 Å². The van der Waals surface area contributed by atoms with Gasteiger partial charge < -0.3 is 10.0 Å². The Morgan fingerprint density at radius 2 is 2.06 bits per heavy atom. The summed E-state index contributed by atoms with van der Waals surface area (Å²) in [5.41, 5.74) is 1.01. The molecular formula is C13H16N2O3. The van der Waals surface area contributed by atoms with Crippen LogP contribution in [0, 0.1) is 0 Å². The minimum absolute atomic E-state index is 0.0288. The van der Waals surface area contributed by atoms with Crippen molar-refractivity contribution in [3.05, 3.63) is 35.9 Å². The normalized spacial score (nSPS) is 21.1. The van der Waals surface area contributed by atoms with Gasteiger partial charge in [-0.05, 0) is 12.6 Å². The fourth-order valence-electron chi connectivity index (χ4n) is 2.10. The highest BCUT2D eigenvalue weighted by Gasteiger charge is 2.33. The van der Waals surface area contributed by atoms with E-state index < -0.39 is 12.0 Å². The van der Waals surface area contributed by atoms with Gasteiger partial charge in [-0.1, -0.05) is 30.3 Å². The zero-order valence-corrected chi connectivity index (χ0v) is 10.2. The second-order valence-corrected chi connectivity index (χ2v) is 4.53. The first-order valence-corrected chi connectivity index (χ1v) is 5.82. The molecule has 1 fully saturated rings. The van der Waals surface area contributed by atoms with Crippen LogP contribution in [0.2, 0.25) is 0 Å². The lowest BCUT2D eigenvalue weighted by Gasteiger charge is -2.36. The van der Waals surface area contributed by atoms with E-state index in [1.807, 2.05) is 30.3 Å². The third-order valence-corrected chi connectivity index (χ3v) is 3.16. The zero-order valence-electron chi connectivity index (χ0n) is 10.2. The van der Waals surface area contributed by atoms with Gasteiger partial charge in [0, 0.05) is 13.1 Å². The fourth-order valence-corrected chi connectivity index (χ4v) is 2.10. The fraction of sp³-hybridized carbons (Fsp3) is 0.385. The molecule has 1 aliphatic rings. The number of nitrogens with zero attached hydrogens (tertiary/aromatic N) is 2. The second kappa shape index (κ2) is 5.18. The van der Waals surface area contributed by atoms with Gasteiger partial charge in [-0.2, -0.15) is 0 Å². The first-order valence-electron chi connectivity index (χ1n) is 5.82. The van der Waals surface area contributed by atoms with Gasteiger partial charge in [0.05, 0.1) is 6.54 Å². The number of benzene rings is 1. The van der Waals surface area contributed by atoms with E-state index in [1.54, 1.807) is 16.8 Å². The number of hydrogen-bond donors (Lipinski definition) is 1. The van der Waals surface area contributed by atoms with E-state index in [0.29, 0.717) is 6.54 Å². The van der Waals surface area contributed by atoms with Crippen LogP contribution in [0.4, 0.5) is 0 Å². The van der Waals surface area contributed by atoms with Gasteiger partial charge in [-0.3, -0.25) is 14.5 Å². The molecule has 0 aliphatic carbocycles. The molecule has 96 valence electrons. The van der Waals surface area contributed by atoms with Crippen molar-refractivity contribution in [2.24, 2.45) is 0 Å². The lowest BCUT2D eigenvalue weighted by molar-refractivity contribution is -0.151. The first kappa shape index (κ1) is 12.6. The standard InChI is InChI=1S/C13H16N2O3/c1-14-9-12(16)15(8-11(14)13(17)18)7-10-5-3-2-4-6-10/h2-6,11H,7-9H2,1H3,(H,17,18). The van der Waals surface area contributed by atoms with Crippen LogP contribution in [0.1, 0.15) is 5.56 Å². The van der Waals surface area contributed by atoms with Crippen LogP contribution in [-0.4, -0.2) is 53.0 Å². The van der Waals surface area contributed by atoms with Gasteiger partial charge >= 0.3 is 5.97 Å². The van der Waals surface area contributed by atoms with Gasteiger partial charge in [0.15, 0.2) is 0 Å². The van der Waals surface area contributed by atoms with Gasteiger partial charge in [0.25, 0.3) is 0 Å². The minimum atomic E-state index is -0.886. The van der Waals surface area contributed by atoms with Crippen molar-refractivity contribution < 1.29 is 14.7 Å². The first-order chi connectivity index (χ1) is 8.58. The lowest BCUT2D eigenvalue weighted by atomic mass is 10.1. The number of rotatable bonds is 3. The van der Waals surface area contributed by atoms with Gasteiger partial charge in [0.2, 0.25) is 5.91 Å². The number of likely N-dealkylation sites (N-methyl/N-ethyl adjacent to an activating group) is 1. The molecule has 1 amide bonds. The maximum absolute atomic E-state index is 11.9. The Labute approximate surface area is 106 Å². The molecule has 18 heavy (non-hydrogen) atoms. The van der Waals surface area contributed by atoms with Crippen LogP contribution >= 0.6 is 0 Å². The molecule has 1 aromatic rings. The SMILES string of the molecule is CN1CC(=O)N(Cc2ccccc2)CC1C(=O)O. The third kappa shape index (κ3) is 2.68. The van der Waals surface area contributed by atoms with Gasteiger partial charge in [-0.25, -0.2) is 0 Å². The monoisotopic (exact) mass is 248 g/mol. The molecule has 0 aromatic heterocycles. The Bertz CT molecular complexity index is 447. The number of amides is 1. The van der Waals surface area contributed by atoms with Crippen molar-refractivity contribution >= 4 is 11.9 Å². The van der Waals surface area contributed by atoms with E-state index in [-0.39, 0.29) is 19.0 Å². The summed E-state index contributed by atoms with van der Waals surface area (Å²) in [6.45, 7) is 0.862. The van der Waals surface area contributed by atoms with E-state index in [4.69, 9.17) is 5.11 Å². The smallest absolute Gasteiger partial charge is 0.322 e. The average Bonchev–Trinajstić information content (AvgIpc) is 2.33.